The van der Waals surface area contributed by atoms with Crippen LogP contribution in [0.5, 0.6) is 0 Å². The van der Waals surface area contributed by atoms with E-state index in [1.165, 1.54) is 0 Å². The highest BCUT2D eigenvalue weighted by atomic mass is 16.4. The first kappa shape index (κ1) is 9.39. The lowest BCUT2D eigenvalue weighted by atomic mass is 10.0. The monoisotopic (exact) mass is 148 g/mol. The highest BCUT2D eigenvalue weighted by Gasteiger charge is 2.25. The number of aliphatic carboxylic acids is 1. The molecule has 0 radical (unpaired) electrons. The fourth-order valence-electron chi connectivity index (χ4n) is 0.511. The van der Waals surface area contributed by atoms with Crippen molar-refractivity contribution in [3.63, 3.8) is 0 Å². The number of hydrogen-bond acceptors (Lipinski definition) is 3. The van der Waals surface area contributed by atoms with Crippen molar-refractivity contribution in [2.24, 2.45) is 5.92 Å². The Balaban J connectivity index is 3.94. The Hall–Kier alpha value is -0.610. The molecule has 4 heteroatoms. The molecule has 3 N–H and O–H groups in total. The number of hydrogen-bond donors (Lipinski definition) is 3. The average Bonchev–Trinajstić information content (AvgIpc) is 1.84. The summed E-state index contributed by atoms with van der Waals surface area (Å²) in [5.41, 5.74) is 0. The Labute approximate surface area is 59.1 Å². The number of aliphatic hydroxyl groups is 2. The second-order valence-electron chi connectivity index (χ2n) is 2.52. The van der Waals surface area contributed by atoms with Gasteiger partial charge in [-0.1, -0.05) is 13.8 Å². The first-order valence-corrected chi connectivity index (χ1v) is 3.05. The van der Waals surface area contributed by atoms with Gasteiger partial charge in [-0.3, -0.25) is 0 Å². The molecule has 0 aromatic rings. The molecule has 0 unspecified atom stereocenters. The maximum absolute atomic E-state index is 10.0. The minimum atomic E-state index is -1.67. The van der Waals surface area contributed by atoms with Gasteiger partial charge >= 0.3 is 5.97 Å². The molecule has 0 aliphatic heterocycles. The molecule has 0 bridgehead atoms. The SMILES string of the molecule is CC(C)[C@@H](O)[C@H](O)C(=O)O. The van der Waals surface area contributed by atoms with E-state index in [0.717, 1.165) is 0 Å². The molecule has 0 amide bonds. The summed E-state index contributed by atoms with van der Waals surface area (Å²) in [6.45, 7) is 3.27. The third kappa shape index (κ3) is 2.33. The molecule has 0 heterocycles. The summed E-state index contributed by atoms with van der Waals surface area (Å²) in [4.78, 5) is 10.0. The summed E-state index contributed by atoms with van der Waals surface area (Å²) >= 11 is 0. The minimum absolute atomic E-state index is 0.244. The van der Waals surface area contributed by atoms with E-state index in [1.807, 2.05) is 0 Å². The number of carboxylic acid groups (broad SMARTS) is 1. The van der Waals surface area contributed by atoms with Crippen LogP contribution >= 0.6 is 0 Å². The van der Waals surface area contributed by atoms with Crippen LogP contribution in [0.25, 0.3) is 0 Å². The van der Waals surface area contributed by atoms with Crippen LogP contribution in [-0.4, -0.2) is 33.5 Å². The van der Waals surface area contributed by atoms with Crippen LogP contribution in [0.1, 0.15) is 13.8 Å². The van der Waals surface area contributed by atoms with Crippen molar-refractivity contribution in [2.75, 3.05) is 0 Å². The predicted molar refractivity (Wildman–Crippen MR) is 34.5 cm³/mol. The fraction of sp³-hybridized carbons (Fsp3) is 0.833. The van der Waals surface area contributed by atoms with Gasteiger partial charge in [-0.15, -0.1) is 0 Å². The van der Waals surface area contributed by atoms with Crippen molar-refractivity contribution in [2.45, 2.75) is 26.1 Å². The average molecular weight is 148 g/mol. The maximum atomic E-state index is 10.0. The van der Waals surface area contributed by atoms with E-state index in [2.05, 4.69) is 0 Å². The number of carboxylic acids is 1. The third-order valence-corrected chi connectivity index (χ3v) is 1.26. The highest BCUT2D eigenvalue weighted by molar-refractivity contribution is 5.72. The normalized spacial score (nSPS) is 16.9. The van der Waals surface area contributed by atoms with Gasteiger partial charge in [-0.25, -0.2) is 4.79 Å². The third-order valence-electron chi connectivity index (χ3n) is 1.26. The van der Waals surface area contributed by atoms with E-state index in [-0.39, 0.29) is 5.92 Å². The van der Waals surface area contributed by atoms with E-state index in [0.29, 0.717) is 0 Å². The van der Waals surface area contributed by atoms with Crippen molar-refractivity contribution >= 4 is 5.97 Å². The summed E-state index contributed by atoms with van der Waals surface area (Å²) in [6, 6.07) is 0. The molecular weight excluding hydrogens is 136 g/mol. The Bertz CT molecular complexity index is 121. The molecule has 0 rings (SSSR count). The van der Waals surface area contributed by atoms with Crippen LogP contribution in [0.15, 0.2) is 0 Å². The summed E-state index contributed by atoms with van der Waals surface area (Å²) in [5, 5.41) is 25.8. The van der Waals surface area contributed by atoms with Gasteiger partial charge in [0, 0.05) is 0 Å². The van der Waals surface area contributed by atoms with E-state index in [4.69, 9.17) is 15.3 Å². The van der Waals surface area contributed by atoms with Crippen LogP contribution in [0.3, 0.4) is 0 Å². The van der Waals surface area contributed by atoms with Crippen molar-refractivity contribution in [1.29, 1.82) is 0 Å². The molecule has 0 aromatic heterocycles. The summed E-state index contributed by atoms with van der Waals surface area (Å²) in [5.74, 6) is -1.63. The summed E-state index contributed by atoms with van der Waals surface area (Å²) in [7, 11) is 0. The lowest BCUT2D eigenvalue weighted by Gasteiger charge is -2.16. The molecule has 4 nitrogen and oxygen atoms in total. The zero-order valence-corrected chi connectivity index (χ0v) is 5.98. The van der Waals surface area contributed by atoms with E-state index >= 15 is 0 Å². The zero-order valence-electron chi connectivity index (χ0n) is 5.98. The van der Waals surface area contributed by atoms with Crippen molar-refractivity contribution in [3.05, 3.63) is 0 Å². The molecule has 0 spiro atoms. The van der Waals surface area contributed by atoms with Gasteiger partial charge in [0.2, 0.25) is 0 Å². The molecule has 0 aliphatic carbocycles. The van der Waals surface area contributed by atoms with Gasteiger partial charge in [-0.05, 0) is 5.92 Å². The quantitative estimate of drug-likeness (QED) is 0.501. The largest absolute Gasteiger partial charge is 0.479 e. The highest BCUT2D eigenvalue weighted by Crippen LogP contribution is 2.05. The van der Waals surface area contributed by atoms with Gasteiger partial charge in [-0.2, -0.15) is 0 Å². The zero-order chi connectivity index (χ0) is 8.31. The summed E-state index contributed by atoms with van der Waals surface area (Å²) in [6.07, 6.45) is -2.85. The maximum Gasteiger partial charge on any atom is 0.335 e. The van der Waals surface area contributed by atoms with Gasteiger partial charge in [0.15, 0.2) is 6.10 Å². The minimum Gasteiger partial charge on any atom is -0.479 e. The van der Waals surface area contributed by atoms with Crippen LogP contribution < -0.4 is 0 Å². The molecule has 10 heavy (non-hydrogen) atoms. The second-order valence-corrected chi connectivity index (χ2v) is 2.52. The van der Waals surface area contributed by atoms with Crippen molar-refractivity contribution < 1.29 is 20.1 Å². The van der Waals surface area contributed by atoms with Crippen LogP contribution in [-0.2, 0) is 4.79 Å². The number of rotatable bonds is 3. The number of aliphatic hydroxyl groups excluding tert-OH is 2. The fourth-order valence-corrected chi connectivity index (χ4v) is 0.511. The molecular formula is C6H12O4. The molecule has 0 aliphatic rings. The topological polar surface area (TPSA) is 77.8 Å². The summed E-state index contributed by atoms with van der Waals surface area (Å²) < 4.78 is 0. The van der Waals surface area contributed by atoms with Gasteiger partial charge in [0.05, 0.1) is 6.10 Å². The van der Waals surface area contributed by atoms with Gasteiger partial charge in [0.1, 0.15) is 0 Å². The second kappa shape index (κ2) is 3.53. The molecule has 2 atom stereocenters. The smallest absolute Gasteiger partial charge is 0.335 e. The van der Waals surface area contributed by atoms with Crippen LogP contribution in [0.4, 0.5) is 0 Å². The standard InChI is InChI=1S/C6H12O4/c1-3(2)4(7)5(8)6(9)10/h3-5,7-8H,1-2H3,(H,9,10)/t4-,5+/m1/s1. The molecule has 0 saturated carbocycles. The first-order valence-electron chi connectivity index (χ1n) is 3.05. The van der Waals surface area contributed by atoms with Crippen molar-refractivity contribution in [1.82, 2.24) is 0 Å². The van der Waals surface area contributed by atoms with Gasteiger partial charge in [0.25, 0.3) is 0 Å². The number of carbonyl (C=O) groups is 1. The molecule has 60 valence electrons. The Morgan fingerprint density at radius 3 is 1.80 bits per heavy atom. The van der Waals surface area contributed by atoms with Crippen LogP contribution in [0, 0.1) is 5.92 Å². The Morgan fingerprint density at radius 2 is 1.70 bits per heavy atom. The predicted octanol–water partition coefficient (Wildman–Crippen LogP) is -0.551. The van der Waals surface area contributed by atoms with E-state index in [1.54, 1.807) is 13.8 Å². The van der Waals surface area contributed by atoms with E-state index < -0.39 is 18.2 Å². The van der Waals surface area contributed by atoms with Gasteiger partial charge < -0.3 is 15.3 Å². The van der Waals surface area contributed by atoms with Crippen molar-refractivity contribution in [3.8, 4) is 0 Å². The molecule has 0 fully saturated rings. The Kier molecular flexibility index (Phi) is 3.32. The molecule has 0 aromatic carbocycles. The van der Waals surface area contributed by atoms with Crippen LogP contribution in [0.2, 0.25) is 0 Å². The lowest BCUT2D eigenvalue weighted by Crippen LogP contribution is -2.37. The lowest BCUT2D eigenvalue weighted by molar-refractivity contribution is -0.154. The Morgan fingerprint density at radius 1 is 1.30 bits per heavy atom. The molecule has 0 saturated heterocycles. The van der Waals surface area contributed by atoms with E-state index in [9.17, 15) is 4.79 Å². The first-order chi connectivity index (χ1) is 4.46.